The molecule has 2 unspecified atom stereocenters. The van der Waals surface area contributed by atoms with Crippen molar-refractivity contribution in [2.24, 2.45) is 5.92 Å². The third kappa shape index (κ3) is 4.35. The van der Waals surface area contributed by atoms with Gasteiger partial charge in [-0.05, 0) is 43.6 Å². The molecule has 2 atom stereocenters. The molecule has 0 aromatic heterocycles. The van der Waals surface area contributed by atoms with Gasteiger partial charge in [0.1, 0.15) is 0 Å². The van der Waals surface area contributed by atoms with Crippen molar-refractivity contribution in [1.29, 1.82) is 0 Å². The number of amides is 1. The second kappa shape index (κ2) is 7.48. The Morgan fingerprint density at radius 2 is 2.26 bits per heavy atom. The molecule has 0 spiro atoms. The van der Waals surface area contributed by atoms with E-state index in [0.717, 1.165) is 24.0 Å². The first kappa shape index (κ1) is 16.8. The van der Waals surface area contributed by atoms with Gasteiger partial charge in [-0.25, -0.2) is 0 Å². The number of carbonyl (C=O) groups is 1. The number of rotatable bonds is 2. The molecule has 2 rings (SSSR count). The molecule has 19 heavy (non-hydrogen) atoms. The van der Waals surface area contributed by atoms with Crippen LogP contribution in [0.5, 0.6) is 0 Å². The van der Waals surface area contributed by atoms with Crippen LogP contribution >= 0.6 is 39.9 Å². The third-order valence-corrected chi connectivity index (χ3v) is 4.10. The normalized spacial score (nSPS) is 22.5. The Hall–Kier alpha value is -0.290. The third-order valence-electron chi connectivity index (χ3n) is 3.27. The van der Waals surface area contributed by atoms with Gasteiger partial charge in [0, 0.05) is 10.5 Å². The fraction of sp³-hybridized carbons (Fsp3) is 0.462. The number of hydrogen-bond donors (Lipinski definition) is 2. The summed E-state index contributed by atoms with van der Waals surface area (Å²) >= 11 is 9.40. The minimum absolute atomic E-state index is 0. The van der Waals surface area contributed by atoms with Crippen molar-refractivity contribution in [1.82, 2.24) is 10.6 Å². The van der Waals surface area contributed by atoms with Crippen LogP contribution in [0.4, 0.5) is 0 Å². The number of hydrogen-bond acceptors (Lipinski definition) is 2. The van der Waals surface area contributed by atoms with Crippen LogP contribution in [-0.2, 0) is 0 Å². The van der Waals surface area contributed by atoms with Gasteiger partial charge < -0.3 is 10.6 Å². The maximum Gasteiger partial charge on any atom is 0.253 e. The Morgan fingerprint density at radius 3 is 2.95 bits per heavy atom. The first-order valence-electron chi connectivity index (χ1n) is 6.04. The van der Waals surface area contributed by atoms with Gasteiger partial charge in [-0.2, -0.15) is 0 Å². The zero-order valence-corrected chi connectivity index (χ0v) is 13.7. The lowest BCUT2D eigenvalue weighted by molar-refractivity contribution is 0.0914. The van der Waals surface area contributed by atoms with Gasteiger partial charge in [0.2, 0.25) is 0 Å². The highest BCUT2D eigenvalue weighted by molar-refractivity contribution is 9.10. The van der Waals surface area contributed by atoms with E-state index in [-0.39, 0.29) is 24.4 Å². The highest BCUT2D eigenvalue weighted by Crippen LogP contribution is 2.21. The van der Waals surface area contributed by atoms with Crippen LogP contribution in [0.25, 0.3) is 0 Å². The summed E-state index contributed by atoms with van der Waals surface area (Å²) in [6, 6.07) is 5.52. The topological polar surface area (TPSA) is 41.1 Å². The molecule has 6 heteroatoms. The Morgan fingerprint density at radius 1 is 1.53 bits per heavy atom. The van der Waals surface area contributed by atoms with E-state index in [2.05, 4.69) is 33.5 Å². The maximum absolute atomic E-state index is 12.2. The molecule has 1 aliphatic rings. The summed E-state index contributed by atoms with van der Waals surface area (Å²) in [6.45, 7) is 4.03. The Labute approximate surface area is 133 Å². The second-order valence-electron chi connectivity index (χ2n) is 4.67. The van der Waals surface area contributed by atoms with Gasteiger partial charge in [0.25, 0.3) is 5.91 Å². The second-order valence-corrected chi connectivity index (χ2v) is 6.00. The van der Waals surface area contributed by atoms with E-state index in [9.17, 15) is 4.79 Å². The number of halogens is 3. The molecule has 1 saturated heterocycles. The summed E-state index contributed by atoms with van der Waals surface area (Å²) in [7, 11) is 0. The van der Waals surface area contributed by atoms with E-state index in [1.54, 1.807) is 12.1 Å². The zero-order chi connectivity index (χ0) is 13.1. The molecular weight excluding hydrogens is 351 g/mol. The quantitative estimate of drug-likeness (QED) is 0.842. The maximum atomic E-state index is 12.2. The van der Waals surface area contributed by atoms with Gasteiger partial charge in [-0.3, -0.25) is 4.79 Å². The monoisotopic (exact) mass is 366 g/mol. The summed E-state index contributed by atoms with van der Waals surface area (Å²) in [5.41, 5.74) is 0.525. The first-order chi connectivity index (χ1) is 8.58. The average molecular weight is 368 g/mol. The Kier molecular flexibility index (Phi) is 6.60. The molecule has 1 aromatic carbocycles. The molecule has 1 heterocycles. The molecule has 106 valence electrons. The van der Waals surface area contributed by atoms with E-state index < -0.39 is 0 Å². The van der Waals surface area contributed by atoms with Crippen molar-refractivity contribution in [2.75, 3.05) is 13.1 Å². The smallest absolute Gasteiger partial charge is 0.253 e. The molecule has 0 radical (unpaired) electrons. The summed E-state index contributed by atoms with van der Waals surface area (Å²) < 4.78 is 0.857. The summed E-state index contributed by atoms with van der Waals surface area (Å²) in [6.07, 6.45) is 0.957. The fourth-order valence-corrected chi connectivity index (χ4v) is 2.71. The SMILES string of the molecule is CC1CNCCC1NC(=O)c1cc(Br)ccc1Cl.Cl. The average Bonchev–Trinajstić information content (AvgIpc) is 2.35. The molecule has 2 N–H and O–H groups in total. The Balaban J connectivity index is 0.00000180. The molecule has 1 amide bonds. The van der Waals surface area contributed by atoms with Crippen molar-refractivity contribution >= 4 is 45.8 Å². The Bertz CT molecular complexity index is 456. The van der Waals surface area contributed by atoms with Crippen LogP contribution in [0.1, 0.15) is 23.7 Å². The van der Waals surface area contributed by atoms with Crippen molar-refractivity contribution in [3.63, 3.8) is 0 Å². The van der Waals surface area contributed by atoms with Crippen molar-refractivity contribution in [3.8, 4) is 0 Å². The zero-order valence-electron chi connectivity index (χ0n) is 10.6. The first-order valence-corrected chi connectivity index (χ1v) is 7.21. The van der Waals surface area contributed by atoms with Gasteiger partial charge in [0.05, 0.1) is 10.6 Å². The minimum atomic E-state index is -0.0972. The highest BCUT2D eigenvalue weighted by atomic mass is 79.9. The molecule has 1 aliphatic heterocycles. The van der Waals surface area contributed by atoms with Crippen LogP contribution in [-0.4, -0.2) is 25.0 Å². The van der Waals surface area contributed by atoms with Gasteiger partial charge in [-0.1, -0.05) is 34.5 Å². The van der Waals surface area contributed by atoms with E-state index in [1.807, 2.05) is 6.07 Å². The van der Waals surface area contributed by atoms with Crippen LogP contribution < -0.4 is 10.6 Å². The predicted molar refractivity (Wildman–Crippen MR) is 84.3 cm³/mol. The standard InChI is InChI=1S/C13H16BrClN2O.ClH/c1-8-7-16-5-4-12(8)17-13(18)10-6-9(14)2-3-11(10)15;/h2-3,6,8,12,16H,4-5,7H2,1H3,(H,17,18);1H. The van der Waals surface area contributed by atoms with Crippen LogP contribution in [0.3, 0.4) is 0 Å². The van der Waals surface area contributed by atoms with Gasteiger partial charge >= 0.3 is 0 Å². The molecule has 0 bridgehead atoms. The summed E-state index contributed by atoms with van der Waals surface area (Å²) in [4.78, 5) is 12.2. The van der Waals surface area contributed by atoms with Crippen molar-refractivity contribution in [2.45, 2.75) is 19.4 Å². The summed E-state index contributed by atoms with van der Waals surface area (Å²) in [5, 5.41) is 6.87. The van der Waals surface area contributed by atoms with E-state index in [0.29, 0.717) is 16.5 Å². The van der Waals surface area contributed by atoms with Crippen LogP contribution in [0.15, 0.2) is 22.7 Å². The molecule has 0 aliphatic carbocycles. The van der Waals surface area contributed by atoms with Crippen LogP contribution in [0.2, 0.25) is 5.02 Å². The lowest BCUT2D eigenvalue weighted by Crippen LogP contribution is -2.48. The van der Waals surface area contributed by atoms with Gasteiger partial charge in [-0.15, -0.1) is 12.4 Å². The number of benzene rings is 1. The van der Waals surface area contributed by atoms with E-state index in [4.69, 9.17) is 11.6 Å². The molecule has 0 saturated carbocycles. The summed E-state index contributed by atoms with van der Waals surface area (Å²) in [5.74, 6) is 0.341. The number of piperidine rings is 1. The fourth-order valence-electron chi connectivity index (χ4n) is 2.15. The molecule has 1 aromatic rings. The van der Waals surface area contributed by atoms with E-state index in [1.165, 1.54) is 0 Å². The van der Waals surface area contributed by atoms with Gasteiger partial charge in [0.15, 0.2) is 0 Å². The molecular formula is C13H17BrCl2N2O. The number of nitrogens with one attached hydrogen (secondary N) is 2. The lowest BCUT2D eigenvalue weighted by atomic mass is 9.95. The lowest BCUT2D eigenvalue weighted by Gasteiger charge is -2.30. The van der Waals surface area contributed by atoms with E-state index >= 15 is 0 Å². The molecule has 1 fully saturated rings. The predicted octanol–water partition coefficient (Wildman–Crippen LogP) is 3.25. The number of carbonyl (C=O) groups excluding carboxylic acids is 1. The largest absolute Gasteiger partial charge is 0.349 e. The van der Waals surface area contributed by atoms with Crippen molar-refractivity contribution < 1.29 is 4.79 Å². The van der Waals surface area contributed by atoms with Crippen LogP contribution in [0, 0.1) is 5.92 Å². The minimum Gasteiger partial charge on any atom is -0.349 e. The molecule has 3 nitrogen and oxygen atoms in total. The highest BCUT2D eigenvalue weighted by Gasteiger charge is 2.23. The van der Waals surface area contributed by atoms with Crippen molar-refractivity contribution in [3.05, 3.63) is 33.3 Å².